The van der Waals surface area contributed by atoms with Gasteiger partial charge in [-0.15, -0.1) is 0 Å². The van der Waals surface area contributed by atoms with Crippen molar-refractivity contribution in [2.24, 2.45) is 17.8 Å². The first-order chi connectivity index (χ1) is 8.74. The van der Waals surface area contributed by atoms with Gasteiger partial charge in [0, 0.05) is 0 Å². The van der Waals surface area contributed by atoms with E-state index in [4.69, 9.17) is 4.74 Å². The predicted octanol–water partition coefficient (Wildman–Crippen LogP) is 4.15. The molecule has 0 saturated heterocycles. The van der Waals surface area contributed by atoms with Crippen LogP contribution in [0.3, 0.4) is 0 Å². The average Bonchev–Trinajstić information content (AvgIpc) is 2.95. The molecule has 1 heteroatoms. The summed E-state index contributed by atoms with van der Waals surface area (Å²) in [7, 11) is 0. The van der Waals surface area contributed by atoms with Crippen LogP contribution in [-0.4, -0.2) is 6.61 Å². The maximum absolute atomic E-state index is 5.46. The summed E-state index contributed by atoms with van der Waals surface area (Å²) in [5, 5.41) is 0. The summed E-state index contributed by atoms with van der Waals surface area (Å²) in [5.41, 5.74) is 1.88. The Morgan fingerprint density at radius 3 is 2.78 bits per heavy atom. The van der Waals surface area contributed by atoms with Crippen molar-refractivity contribution in [1.82, 2.24) is 0 Å². The van der Waals surface area contributed by atoms with E-state index in [0.717, 1.165) is 18.4 Å². The van der Waals surface area contributed by atoms with Crippen LogP contribution < -0.4 is 0 Å². The van der Waals surface area contributed by atoms with Gasteiger partial charge < -0.3 is 4.74 Å². The molecule has 2 fully saturated rings. The monoisotopic (exact) mass is 242 g/mol. The summed E-state index contributed by atoms with van der Waals surface area (Å²) in [6.07, 6.45) is 5.68. The first kappa shape index (κ1) is 11.8. The third-order valence-electron chi connectivity index (χ3n) is 5.18. The van der Waals surface area contributed by atoms with Gasteiger partial charge in [-0.05, 0) is 48.0 Å². The molecular weight excluding hydrogens is 220 g/mol. The standard InChI is InChI=1S/C17H22O/c1-3-18-12-14-9-13-10-16(14)17(2,11-13)15-7-5-4-6-8-15/h3-8,13-14,16H,1,9-12H2,2H3. The highest BCUT2D eigenvalue weighted by atomic mass is 16.5. The fraction of sp³-hybridized carbons (Fsp3) is 0.529. The number of hydrogen-bond donors (Lipinski definition) is 0. The Labute approximate surface area is 110 Å². The Balaban J connectivity index is 1.84. The Kier molecular flexibility index (Phi) is 2.93. The summed E-state index contributed by atoms with van der Waals surface area (Å²) in [4.78, 5) is 0. The molecule has 0 aliphatic heterocycles. The quantitative estimate of drug-likeness (QED) is 0.721. The van der Waals surface area contributed by atoms with Crippen LogP contribution in [0, 0.1) is 17.8 Å². The van der Waals surface area contributed by atoms with Gasteiger partial charge in [0.1, 0.15) is 0 Å². The van der Waals surface area contributed by atoms with Crippen LogP contribution in [0.2, 0.25) is 0 Å². The van der Waals surface area contributed by atoms with Gasteiger partial charge in [-0.25, -0.2) is 0 Å². The zero-order valence-corrected chi connectivity index (χ0v) is 11.1. The highest BCUT2D eigenvalue weighted by Crippen LogP contribution is 2.59. The minimum atomic E-state index is 0.360. The van der Waals surface area contributed by atoms with E-state index in [0.29, 0.717) is 11.3 Å². The van der Waals surface area contributed by atoms with Gasteiger partial charge in [0.25, 0.3) is 0 Å². The van der Waals surface area contributed by atoms with E-state index in [-0.39, 0.29) is 0 Å². The van der Waals surface area contributed by atoms with E-state index in [9.17, 15) is 0 Å². The molecule has 0 amide bonds. The molecule has 0 N–H and O–H groups in total. The van der Waals surface area contributed by atoms with Crippen LogP contribution in [0.5, 0.6) is 0 Å². The van der Waals surface area contributed by atoms with Crippen LogP contribution in [0.15, 0.2) is 43.2 Å². The van der Waals surface area contributed by atoms with E-state index in [1.165, 1.54) is 24.8 Å². The topological polar surface area (TPSA) is 9.23 Å². The first-order valence-electron chi connectivity index (χ1n) is 7.02. The highest BCUT2D eigenvalue weighted by molar-refractivity contribution is 5.29. The second kappa shape index (κ2) is 4.46. The highest BCUT2D eigenvalue weighted by Gasteiger charge is 2.53. The molecule has 3 rings (SSSR count). The van der Waals surface area contributed by atoms with Crippen molar-refractivity contribution >= 4 is 0 Å². The Bertz CT molecular complexity index is 424. The molecule has 2 saturated carbocycles. The summed E-state index contributed by atoms with van der Waals surface area (Å²) in [5.74, 6) is 2.40. The van der Waals surface area contributed by atoms with Crippen LogP contribution in [0.25, 0.3) is 0 Å². The molecule has 18 heavy (non-hydrogen) atoms. The fourth-order valence-corrected chi connectivity index (χ4v) is 4.46. The predicted molar refractivity (Wildman–Crippen MR) is 74.3 cm³/mol. The van der Waals surface area contributed by atoms with E-state index in [2.05, 4.69) is 43.8 Å². The number of ether oxygens (including phenoxy) is 1. The molecule has 1 aromatic carbocycles. The van der Waals surface area contributed by atoms with Crippen molar-refractivity contribution in [3.05, 3.63) is 48.7 Å². The zero-order valence-electron chi connectivity index (χ0n) is 11.1. The Hall–Kier alpha value is -1.24. The Morgan fingerprint density at radius 1 is 1.33 bits per heavy atom. The molecule has 96 valence electrons. The van der Waals surface area contributed by atoms with Gasteiger partial charge in [-0.1, -0.05) is 43.8 Å². The van der Waals surface area contributed by atoms with E-state index < -0.39 is 0 Å². The lowest BCUT2D eigenvalue weighted by molar-refractivity contribution is 0.116. The maximum atomic E-state index is 5.46. The summed E-state index contributed by atoms with van der Waals surface area (Å²) < 4.78 is 5.46. The van der Waals surface area contributed by atoms with Crippen molar-refractivity contribution in [2.75, 3.05) is 6.61 Å². The van der Waals surface area contributed by atoms with Gasteiger partial charge in [0.15, 0.2) is 0 Å². The van der Waals surface area contributed by atoms with Gasteiger partial charge in [0.2, 0.25) is 0 Å². The summed E-state index contributed by atoms with van der Waals surface area (Å²) in [6, 6.07) is 11.0. The van der Waals surface area contributed by atoms with Crippen molar-refractivity contribution in [2.45, 2.75) is 31.6 Å². The SMILES string of the molecule is C=COCC1CC2CC1C(C)(c1ccccc1)C2. The average molecular weight is 242 g/mol. The van der Waals surface area contributed by atoms with Crippen LogP contribution >= 0.6 is 0 Å². The molecule has 1 nitrogen and oxygen atoms in total. The molecule has 1 aromatic rings. The lowest BCUT2D eigenvalue weighted by Crippen LogP contribution is -2.35. The van der Waals surface area contributed by atoms with Crippen LogP contribution in [-0.2, 0) is 10.2 Å². The second-order valence-corrected chi connectivity index (χ2v) is 6.19. The van der Waals surface area contributed by atoms with Crippen molar-refractivity contribution in [1.29, 1.82) is 0 Å². The molecule has 0 radical (unpaired) electrons. The largest absolute Gasteiger partial charge is 0.502 e. The number of rotatable bonds is 4. The number of fused-ring (bicyclic) bond motifs is 2. The summed E-state index contributed by atoms with van der Waals surface area (Å²) >= 11 is 0. The molecule has 4 unspecified atom stereocenters. The normalized spacial score (nSPS) is 37.7. The van der Waals surface area contributed by atoms with Crippen LogP contribution in [0.1, 0.15) is 31.7 Å². The number of benzene rings is 1. The molecule has 2 aliphatic carbocycles. The molecule has 4 atom stereocenters. The minimum Gasteiger partial charge on any atom is -0.502 e. The van der Waals surface area contributed by atoms with Crippen molar-refractivity contribution < 1.29 is 4.74 Å². The lowest BCUT2D eigenvalue weighted by Gasteiger charge is -2.39. The van der Waals surface area contributed by atoms with Gasteiger partial charge >= 0.3 is 0 Å². The maximum Gasteiger partial charge on any atom is 0.0904 e. The molecule has 0 heterocycles. The van der Waals surface area contributed by atoms with Gasteiger partial charge in [-0.2, -0.15) is 0 Å². The van der Waals surface area contributed by atoms with Crippen LogP contribution in [0.4, 0.5) is 0 Å². The molecule has 2 aliphatic rings. The third kappa shape index (κ3) is 1.77. The molecule has 0 spiro atoms. The lowest BCUT2D eigenvalue weighted by atomic mass is 9.66. The zero-order chi connectivity index (χ0) is 12.6. The molecule has 2 bridgehead atoms. The minimum absolute atomic E-state index is 0.360. The summed E-state index contributed by atoms with van der Waals surface area (Å²) in [6.45, 7) is 6.96. The van der Waals surface area contributed by atoms with Gasteiger partial charge in [-0.3, -0.25) is 0 Å². The third-order valence-corrected chi connectivity index (χ3v) is 5.18. The molecular formula is C17H22O. The van der Waals surface area contributed by atoms with E-state index in [1.807, 2.05) is 0 Å². The van der Waals surface area contributed by atoms with Gasteiger partial charge in [0.05, 0.1) is 12.9 Å². The van der Waals surface area contributed by atoms with E-state index in [1.54, 1.807) is 6.26 Å². The molecule has 0 aromatic heterocycles. The van der Waals surface area contributed by atoms with E-state index >= 15 is 0 Å². The second-order valence-electron chi connectivity index (χ2n) is 6.19. The van der Waals surface area contributed by atoms with Crippen molar-refractivity contribution in [3.8, 4) is 0 Å². The van der Waals surface area contributed by atoms with Crippen molar-refractivity contribution in [3.63, 3.8) is 0 Å². The first-order valence-corrected chi connectivity index (χ1v) is 7.02. The number of hydrogen-bond acceptors (Lipinski definition) is 1. The fourth-order valence-electron chi connectivity index (χ4n) is 4.46. The smallest absolute Gasteiger partial charge is 0.0904 e. The Morgan fingerprint density at radius 2 is 2.11 bits per heavy atom.